The lowest BCUT2D eigenvalue weighted by molar-refractivity contribution is 0.00746. The van der Waals surface area contributed by atoms with Crippen LogP contribution in [-0.2, 0) is 0 Å². The number of hydrogen-bond donors (Lipinski definition) is 3. The van der Waals surface area contributed by atoms with Gasteiger partial charge in [0.2, 0.25) is 0 Å². The van der Waals surface area contributed by atoms with E-state index < -0.39 is 12.0 Å². The Bertz CT molecular complexity index is 65.3. The first-order valence-electron chi connectivity index (χ1n) is 2.45. The number of aliphatic hydroxyl groups is 2. The number of aliphatic hydroxyl groups excluding tert-OH is 1. The summed E-state index contributed by atoms with van der Waals surface area (Å²) in [5, 5.41) is 19.8. The van der Waals surface area contributed by atoms with Gasteiger partial charge in [-0.15, -0.1) is 0 Å². The summed E-state index contributed by atoms with van der Waals surface area (Å²) in [4.78, 5) is 0. The summed E-state index contributed by atoms with van der Waals surface area (Å²) in [6, 6.07) is 0. The highest BCUT2D eigenvalue weighted by Gasteiger charge is 2.12. The van der Waals surface area contributed by atoms with Crippen LogP contribution < -0.4 is 5.32 Å². The van der Waals surface area contributed by atoms with Gasteiger partial charge in [-0.3, -0.25) is 5.32 Å². The average Bonchev–Trinajstić information content (AvgIpc) is 1.21. The van der Waals surface area contributed by atoms with Crippen LogP contribution in [0.3, 0.4) is 0 Å². The van der Waals surface area contributed by atoms with Gasteiger partial charge in [0.05, 0.1) is 0 Å². The van der Waals surface area contributed by atoms with E-state index in [0.717, 1.165) is 0 Å². The Morgan fingerprint density at radius 1 is 1.75 bits per heavy atom. The van der Waals surface area contributed by atoms with Crippen molar-refractivity contribution in [2.75, 3.05) is 0 Å². The van der Waals surface area contributed by atoms with Crippen molar-refractivity contribution in [1.82, 2.24) is 5.32 Å². The summed E-state index contributed by atoms with van der Waals surface area (Å²) >= 11 is 0. The monoisotopic (exact) mass is 118 g/mol. The quantitative estimate of drug-likeness (QED) is 0.427. The second-order valence-corrected chi connectivity index (χ2v) is 2.09. The molecule has 0 heterocycles. The Kier molecular flexibility index (Phi) is 2.40. The van der Waals surface area contributed by atoms with E-state index in [1.54, 1.807) is 0 Å². The van der Waals surface area contributed by atoms with Crippen LogP contribution in [0.15, 0.2) is 0 Å². The van der Waals surface area contributed by atoms with Crippen molar-refractivity contribution in [2.24, 2.45) is 0 Å². The maximum absolute atomic E-state index is 8.81. The molecule has 0 bridgehead atoms. The van der Waals surface area contributed by atoms with Crippen LogP contribution in [0, 0.1) is 6.92 Å². The third-order valence-corrected chi connectivity index (χ3v) is 0.520. The third-order valence-electron chi connectivity index (χ3n) is 0.520. The molecule has 0 aromatic rings. The highest BCUT2D eigenvalue weighted by Crippen LogP contribution is 1.93. The lowest BCUT2D eigenvalue weighted by Crippen LogP contribution is -2.44. The van der Waals surface area contributed by atoms with Gasteiger partial charge in [0.1, 0.15) is 12.0 Å². The van der Waals surface area contributed by atoms with Gasteiger partial charge < -0.3 is 10.2 Å². The highest BCUT2D eigenvalue weighted by atomic mass is 16.3. The minimum atomic E-state index is -1.23. The van der Waals surface area contributed by atoms with Crippen LogP contribution in [0.4, 0.5) is 0 Å². The van der Waals surface area contributed by atoms with E-state index in [-0.39, 0.29) is 0 Å². The minimum Gasteiger partial charge on any atom is -0.379 e. The molecule has 0 aliphatic rings. The minimum absolute atomic E-state index is 0.720. The highest BCUT2D eigenvalue weighted by molar-refractivity contribution is 4.71. The van der Waals surface area contributed by atoms with E-state index in [2.05, 4.69) is 12.2 Å². The Morgan fingerprint density at radius 3 is 2.12 bits per heavy atom. The lowest BCUT2D eigenvalue weighted by atomic mass is 10.3. The third kappa shape index (κ3) is 5.88. The zero-order valence-electron chi connectivity index (χ0n) is 5.18. The Morgan fingerprint density at radius 2 is 2.12 bits per heavy atom. The molecule has 0 amide bonds. The number of hydrogen-bond acceptors (Lipinski definition) is 3. The maximum Gasteiger partial charge on any atom is 0.115 e. The summed E-state index contributed by atoms with van der Waals surface area (Å²) in [6.07, 6.45) is -0.720. The van der Waals surface area contributed by atoms with E-state index in [9.17, 15) is 0 Å². The van der Waals surface area contributed by atoms with Gasteiger partial charge in [0, 0.05) is 0 Å². The van der Waals surface area contributed by atoms with Gasteiger partial charge in [0.25, 0.3) is 0 Å². The second kappa shape index (κ2) is 2.44. The Labute approximate surface area is 49.3 Å². The molecule has 2 atom stereocenters. The fourth-order valence-corrected chi connectivity index (χ4v) is 0.450. The molecule has 0 aromatic heterocycles. The smallest absolute Gasteiger partial charge is 0.115 e. The molecular formula is C5H12NO2. The SMILES string of the molecule is [CH2]C(C)(O)NC(C)O. The summed E-state index contributed by atoms with van der Waals surface area (Å²) in [5.41, 5.74) is -1.23. The van der Waals surface area contributed by atoms with Crippen LogP contribution in [-0.4, -0.2) is 22.2 Å². The molecule has 0 spiro atoms. The average molecular weight is 118 g/mol. The van der Waals surface area contributed by atoms with E-state index in [1.165, 1.54) is 13.8 Å². The predicted molar refractivity (Wildman–Crippen MR) is 30.8 cm³/mol. The molecular weight excluding hydrogens is 106 g/mol. The van der Waals surface area contributed by atoms with Crippen LogP contribution >= 0.6 is 0 Å². The molecule has 0 aliphatic carbocycles. The zero-order chi connectivity index (χ0) is 6.78. The van der Waals surface area contributed by atoms with Crippen molar-refractivity contribution in [2.45, 2.75) is 25.8 Å². The van der Waals surface area contributed by atoms with Gasteiger partial charge in [-0.05, 0) is 20.8 Å². The molecule has 0 aromatic carbocycles. The van der Waals surface area contributed by atoms with Gasteiger partial charge in [-0.1, -0.05) is 0 Å². The van der Waals surface area contributed by atoms with Crippen molar-refractivity contribution in [3.05, 3.63) is 6.92 Å². The van der Waals surface area contributed by atoms with Crippen LogP contribution in [0.5, 0.6) is 0 Å². The fourth-order valence-electron chi connectivity index (χ4n) is 0.450. The van der Waals surface area contributed by atoms with Crippen LogP contribution in [0.1, 0.15) is 13.8 Å². The van der Waals surface area contributed by atoms with Gasteiger partial charge in [-0.2, -0.15) is 0 Å². The largest absolute Gasteiger partial charge is 0.379 e. The predicted octanol–water partition coefficient (Wildman–Crippen LogP) is -0.543. The first-order valence-corrected chi connectivity index (χ1v) is 2.45. The van der Waals surface area contributed by atoms with Gasteiger partial charge in [-0.25, -0.2) is 0 Å². The molecule has 3 heteroatoms. The number of rotatable bonds is 2. The Hall–Kier alpha value is -0.120. The molecule has 49 valence electrons. The molecule has 8 heavy (non-hydrogen) atoms. The van der Waals surface area contributed by atoms with Gasteiger partial charge in [0.15, 0.2) is 0 Å². The van der Waals surface area contributed by atoms with Crippen LogP contribution in [0.25, 0.3) is 0 Å². The molecule has 0 rings (SSSR count). The van der Waals surface area contributed by atoms with Crippen molar-refractivity contribution in [3.8, 4) is 0 Å². The second-order valence-electron chi connectivity index (χ2n) is 2.09. The maximum atomic E-state index is 8.81. The first kappa shape index (κ1) is 7.88. The van der Waals surface area contributed by atoms with Crippen molar-refractivity contribution in [3.63, 3.8) is 0 Å². The molecule has 0 fully saturated rings. The summed E-state index contributed by atoms with van der Waals surface area (Å²) in [5.74, 6) is 0. The van der Waals surface area contributed by atoms with E-state index >= 15 is 0 Å². The summed E-state index contributed by atoms with van der Waals surface area (Å²) in [7, 11) is 0. The normalized spacial score (nSPS) is 16.1. The van der Waals surface area contributed by atoms with E-state index in [1.807, 2.05) is 0 Å². The molecule has 1 radical (unpaired) electrons. The molecule has 0 saturated carbocycles. The summed E-state index contributed by atoms with van der Waals surface area (Å²) < 4.78 is 0. The van der Waals surface area contributed by atoms with Crippen molar-refractivity contribution in [1.29, 1.82) is 0 Å². The zero-order valence-corrected chi connectivity index (χ0v) is 5.18. The molecule has 0 saturated heterocycles. The topological polar surface area (TPSA) is 52.5 Å². The molecule has 3 nitrogen and oxygen atoms in total. The Balaban J connectivity index is 3.39. The number of nitrogens with one attached hydrogen (secondary N) is 1. The summed E-state index contributed by atoms with van der Waals surface area (Å²) in [6.45, 7) is 6.27. The molecule has 0 aliphatic heterocycles. The van der Waals surface area contributed by atoms with E-state index in [0.29, 0.717) is 0 Å². The van der Waals surface area contributed by atoms with Crippen LogP contribution in [0.2, 0.25) is 0 Å². The molecule has 2 unspecified atom stereocenters. The van der Waals surface area contributed by atoms with Crippen molar-refractivity contribution < 1.29 is 10.2 Å². The molecule has 3 N–H and O–H groups in total. The standard InChI is InChI=1S/C5H12NO2/c1-4(7)6-5(2,3)8/h4,6-8H,2H2,1,3H3. The fraction of sp³-hybridized carbons (Fsp3) is 0.800. The van der Waals surface area contributed by atoms with E-state index in [4.69, 9.17) is 10.2 Å². The lowest BCUT2D eigenvalue weighted by Gasteiger charge is -2.20. The van der Waals surface area contributed by atoms with Gasteiger partial charge >= 0.3 is 0 Å². The first-order chi connectivity index (χ1) is 3.42. The van der Waals surface area contributed by atoms with Crippen molar-refractivity contribution >= 4 is 0 Å².